The highest BCUT2D eigenvalue weighted by Gasteiger charge is 2.14. The molecule has 130 valence electrons. The standard InChI is InChI=1S/C17H26BrClN2O2/c1-3-20-4-6-21(7-5-20)8-9-22-10-11-23-17-14(2)12-15(18)13-16(17)19/h12-13H,3-11H2,1-2H3. The van der Waals surface area contributed by atoms with Crippen LogP contribution in [0.2, 0.25) is 5.02 Å². The van der Waals surface area contributed by atoms with Gasteiger partial charge >= 0.3 is 0 Å². The summed E-state index contributed by atoms with van der Waals surface area (Å²) in [6.45, 7) is 12.8. The second-order valence-corrected chi connectivity index (χ2v) is 7.09. The van der Waals surface area contributed by atoms with Crippen LogP contribution in [0.4, 0.5) is 0 Å². The zero-order valence-electron chi connectivity index (χ0n) is 14.0. The smallest absolute Gasteiger partial charge is 0.140 e. The summed E-state index contributed by atoms with van der Waals surface area (Å²) in [4.78, 5) is 4.94. The van der Waals surface area contributed by atoms with Crippen molar-refractivity contribution in [1.82, 2.24) is 9.80 Å². The van der Waals surface area contributed by atoms with Gasteiger partial charge in [-0.05, 0) is 31.2 Å². The summed E-state index contributed by atoms with van der Waals surface area (Å²) in [5, 5.41) is 0.630. The first-order valence-corrected chi connectivity index (χ1v) is 9.38. The molecule has 0 spiro atoms. The van der Waals surface area contributed by atoms with Crippen LogP contribution in [0.1, 0.15) is 12.5 Å². The number of halogens is 2. The van der Waals surface area contributed by atoms with Gasteiger partial charge in [-0.1, -0.05) is 34.5 Å². The molecule has 1 aliphatic rings. The van der Waals surface area contributed by atoms with Gasteiger partial charge in [-0.2, -0.15) is 0 Å². The van der Waals surface area contributed by atoms with Gasteiger partial charge in [0.05, 0.1) is 18.2 Å². The molecule has 0 saturated carbocycles. The third-order valence-electron chi connectivity index (χ3n) is 4.13. The van der Waals surface area contributed by atoms with Gasteiger partial charge in [0.1, 0.15) is 12.4 Å². The van der Waals surface area contributed by atoms with Gasteiger partial charge in [0.25, 0.3) is 0 Å². The number of hydrogen-bond acceptors (Lipinski definition) is 4. The molecule has 0 N–H and O–H groups in total. The first-order chi connectivity index (χ1) is 11.1. The molecular formula is C17H26BrClN2O2. The third-order valence-corrected chi connectivity index (χ3v) is 4.87. The van der Waals surface area contributed by atoms with Gasteiger partial charge in [-0.15, -0.1) is 0 Å². The molecule has 1 aromatic rings. The van der Waals surface area contributed by atoms with E-state index in [0.717, 1.165) is 48.6 Å². The van der Waals surface area contributed by atoms with Crippen molar-refractivity contribution in [3.63, 3.8) is 0 Å². The predicted molar refractivity (Wildman–Crippen MR) is 98.8 cm³/mol. The fourth-order valence-electron chi connectivity index (χ4n) is 2.70. The van der Waals surface area contributed by atoms with E-state index in [4.69, 9.17) is 21.1 Å². The summed E-state index contributed by atoms with van der Waals surface area (Å²) < 4.78 is 12.4. The molecule has 0 amide bonds. The molecule has 0 atom stereocenters. The summed E-state index contributed by atoms with van der Waals surface area (Å²) >= 11 is 9.62. The lowest BCUT2D eigenvalue weighted by atomic mass is 10.2. The second-order valence-electron chi connectivity index (χ2n) is 5.77. The fourth-order valence-corrected chi connectivity index (χ4v) is 3.72. The van der Waals surface area contributed by atoms with E-state index in [-0.39, 0.29) is 0 Å². The van der Waals surface area contributed by atoms with Crippen molar-refractivity contribution < 1.29 is 9.47 Å². The molecular weight excluding hydrogens is 380 g/mol. The van der Waals surface area contributed by atoms with E-state index < -0.39 is 0 Å². The van der Waals surface area contributed by atoms with Crippen molar-refractivity contribution in [3.8, 4) is 5.75 Å². The van der Waals surface area contributed by atoms with Crippen molar-refractivity contribution in [3.05, 3.63) is 27.2 Å². The highest BCUT2D eigenvalue weighted by Crippen LogP contribution is 2.31. The summed E-state index contributed by atoms with van der Waals surface area (Å²) in [5.41, 5.74) is 1.03. The third kappa shape index (κ3) is 6.24. The average Bonchev–Trinajstić information content (AvgIpc) is 2.53. The van der Waals surface area contributed by atoms with Crippen molar-refractivity contribution in [2.75, 3.05) is 59.1 Å². The quantitative estimate of drug-likeness (QED) is 0.619. The molecule has 0 unspecified atom stereocenters. The van der Waals surface area contributed by atoms with Crippen LogP contribution in [0.5, 0.6) is 5.75 Å². The van der Waals surface area contributed by atoms with Gasteiger partial charge in [0.2, 0.25) is 0 Å². The minimum Gasteiger partial charge on any atom is -0.489 e. The summed E-state index contributed by atoms with van der Waals surface area (Å²) in [5.74, 6) is 0.745. The minimum atomic E-state index is 0.520. The Kier molecular flexibility index (Phi) is 8.13. The molecule has 1 aromatic carbocycles. The maximum atomic E-state index is 6.19. The molecule has 0 aliphatic carbocycles. The molecule has 2 rings (SSSR count). The van der Waals surface area contributed by atoms with Crippen molar-refractivity contribution in [2.45, 2.75) is 13.8 Å². The molecule has 1 fully saturated rings. The van der Waals surface area contributed by atoms with Crippen LogP contribution in [-0.4, -0.2) is 68.9 Å². The van der Waals surface area contributed by atoms with Gasteiger partial charge in [0, 0.05) is 37.2 Å². The lowest BCUT2D eigenvalue weighted by Crippen LogP contribution is -2.47. The summed E-state index contributed by atoms with van der Waals surface area (Å²) in [6, 6.07) is 3.85. The number of likely N-dealkylation sites (N-methyl/N-ethyl adjacent to an activating group) is 1. The van der Waals surface area contributed by atoms with Gasteiger partial charge in [-0.25, -0.2) is 0 Å². The van der Waals surface area contributed by atoms with Crippen molar-refractivity contribution in [2.24, 2.45) is 0 Å². The van der Waals surface area contributed by atoms with Crippen molar-refractivity contribution in [1.29, 1.82) is 0 Å². The Morgan fingerprint density at radius 3 is 2.43 bits per heavy atom. The van der Waals surface area contributed by atoms with Crippen LogP contribution in [0, 0.1) is 6.92 Å². The van der Waals surface area contributed by atoms with Gasteiger partial charge in [0.15, 0.2) is 0 Å². The largest absolute Gasteiger partial charge is 0.489 e. The first-order valence-electron chi connectivity index (χ1n) is 8.21. The molecule has 6 heteroatoms. The molecule has 4 nitrogen and oxygen atoms in total. The predicted octanol–water partition coefficient (Wildman–Crippen LogP) is 3.44. The zero-order valence-corrected chi connectivity index (χ0v) is 16.3. The fraction of sp³-hybridized carbons (Fsp3) is 0.647. The normalized spacial score (nSPS) is 16.7. The molecule has 0 bridgehead atoms. The van der Waals surface area contributed by atoms with Crippen LogP contribution >= 0.6 is 27.5 Å². The number of rotatable bonds is 8. The SMILES string of the molecule is CCN1CCN(CCOCCOc2c(C)cc(Br)cc2Cl)CC1. The average molecular weight is 406 g/mol. The molecule has 23 heavy (non-hydrogen) atoms. The number of ether oxygens (including phenoxy) is 2. The van der Waals surface area contributed by atoms with Gasteiger partial charge < -0.3 is 14.4 Å². The minimum absolute atomic E-state index is 0.520. The Bertz CT molecular complexity index is 470. The lowest BCUT2D eigenvalue weighted by molar-refractivity contribution is 0.0625. The maximum absolute atomic E-state index is 6.19. The van der Waals surface area contributed by atoms with Crippen molar-refractivity contribution >= 4 is 27.5 Å². The second kappa shape index (κ2) is 9.84. The Balaban J connectivity index is 1.58. The van der Waals surface area contributed by atoms with E-state index in [0.29, 0.717) is 18.2 Å². The molecule has 1 aliphatic heterocycles. The lowest BCUT2D eigenvalue weighted by Gasteiger charge is -2.33. The Labute approximate surface area is 152 Å². The van der Waals surface area contributed by atoms with E-state index in [1.165, 1.54) is 13.1 Å². The topological polar surface area (TPSA) is 24.9 Å². The van der Waals surface area contributed by atoms with Crippen LogP contribution < -0.4 is 4.74 Å². The summed E-state index contributed by atoms with van der Waals surface area (Å²) in [6.07, 6.45) is 0. The Morgan fingerprint density at radius 1 is 1.09 bits per heavy atom. The number of hydrogen-bond donors (Lipinski definition) is 0. The molecule has 1 saturated heterocycles. The van der Waals surface area contributed by atoms with Crippen LogP contribution in [0.25, 0.3) is 0 Å². The number of aryl methyl sites for hydroxylation is 1. The van der Waals surface area contributed by atoms with Crippen LogP contribution in [0.15, 0.2) is 16.6 Å². The molecule has 0 radical (unpaired) electrons. The number of piperazine rings is 1. The van der Waals surface area contributed by atoms with E-state index in [2.05, 4.69) is 32.7 Å². The first kappa shape index (κ1) is 19.0. The number of benzene rings is 1. The highest BCUT2D eigenvalue weighted by atomic mass is 79.9. The van der Waals surface area contributed by atoms with E-state index in [1.54, 1.807) is 0 Å². The van der Waals surface area contributed by atoms with Crippen LogP contribution in [-0.2, 0) is 4.74 Å². The van der Waals surface area contributed by atoms with E-state index in [9.17, 15) is 0 Å². The highest BCUT2D eigenvalue weighted by molar-refractivity contribution is 9.10. The van der Waals surface area contributed by atoms with Gasteiger partial charge in [-0.3, -0.25) is 4.90 Å². The zero-order chi connectivity index (χ0) is 16.7. The van der Waals surface area contributed by atoms with Crippen LogP contribution in [0.3, 0.4) is 0 Å². The monoisotopic (exact) mass is 404 g/mol. The Hall–Kier alpha value is -0.330. The molecule has 1 heterocycles. The van der Waals surface area contributed by atoms with E-state index in [1.807, 2.05) is 19.1 Å². The summed E-state index contributed by atoms with van der Waals surface area (Å²) in [7, 11) is 0. The molecule has 0 aromatic heterocycles. The van der Waals surface area contributed by atoms with E-state index >= 15 is 0 Å². The Morgan fingerprint density at radius 2 is 1.78 bits per heavy atom. The number of nitrogens with zero attached hydrogens (tertiary/aromatic N) is 2. The maximum Gasteiger partial charge on any atom is 0.140 e.